The van der Waals surface area contributed by atoms with E-state index >= 15 is 0 Å². The molecule has 3 aromatic rings. The quantitative estimate of drug-likeness (QED) is 0.543. The lowest BCUT2D eigenvalue weighted by Crippen LogP contribution is -2.07. The van der Waals surface area contributed by atoms with E-state index in [1.165, 1.54) is 0 Å². The first-order valence-electron chi connectivity index (χ1n) is 8.11. The highest BCUT2D eigenvalue weighted by Gasteiger charge is 2.13. The number of fused-ring (bicyclic) bond motifs is 1. The molecule has 1 amide bonds. The molecule has 0 fully saturated rings. The third-order valence-electron chi connectivity index (χ3n) is 3.88. The van der Waals surface area contributed by atoms with Gasteiger partial charge in [0.2, 0.25) is 5.88 Å². The number of carbonyl (C=O) groups excluding carboxylic acids is 1. The van der Waals surface area contributed by atoms with Gasteiger partial charge in [0.15, 0.2) is 12.3 Å². The summed E-state index contributed by atoms with van der Waals surface area (Å²) in [5.41, 5.74) is 2.09. The highest BCUT2D eigenvalue weighted by molar-refractivity contribution is 9.10. The van der Waals surface area contributed by atoms with Crippen LogP contribution in [0.5, 0.6) is 11.6 Å². The zero-order valence-electron chi connectivity index (χ0n) is 14.4. The minimum atomic E-state index is -0.540. The molecule has 0 unspecified atom stereocenters. The lowest BCUT2D eigenvalue weighted by Gasteiger charge is -2.04. The molecule has 6 nitrogen and oxygen atoms in total. The summed E-state index contributed by atoms with van der Waals surface area (Å²) in [4.78, 5) is 14.7. The van der Waals surface area contributed by atoms with E-state index in [2.05, 4.69) is 45.0 Å². The molecule has 0 saturated heterocycles. The third kappa shape index (κ3) is 4.11. The van der Waals surface area contributed by atoms with Crippen molar-refractivity contribution in [3.8, 4) is 11.6 Å². The number of rotatable bonds is 5. The van der Waals surface area contributed by atoms with Crippen molar-refractivity contribution in [3.63, 3.8) is 0 Å². The normalized spacial score (nSPS) is 11.5. The number of aromatic hydroxyl groups is 1. The molecule has 2 N–H and O–H groups in total. The summed E-state index contributed by atoms with van der Waals surface area (Å²) in [5, 5.41) is 18.4. The van der Waals surface area contributed by atoms with Gasteiger partial charge in [-0.2, -0.15) is 0 Å². The van der Waals surface area contributed by atoms with Gasteiger partial charge in [0.1, 0.15) is 5.75 Å². The van der Waals surface area contributed by atoms with E-state index in [1.807, 2.05) is 30.3 Å². The number of aromatic nitrogens is 1. The van der Waals surface area contributed by atoms with Crippen molar-refractivity contribution in [1.82, 2.24) is 4.98 Å². The van der Waals surface area contributed by atoms with Crippen LogP contribution in [0.2, 0.25) is 0 Å². The molecule has 0 bridgehead atoms. The molecule has 0 atom stereocenters. The predicted molar refractivity (Wildman–Crippen MR) is 103 cm³/mol. The van der Waals surface area contributed by atoms with Gasteiger partial charge in [0.05, 0.1) is 5.52 Å². The van der Waals surface area contributed by atoms with Crippen molar-refractivity contribution in [2.24, 2.45) is 10.2 Å². The molecule has 0 saturated carbocycles. The number of ether oxygens (including phenoxy) is 1. The molecule has 0 radical (unpaired) electrons. The number of benzene rings is 2. The van der Waals surface area contributed by atoms with E-state index in [0.717, 1.165) is 20.9 Å². The van der Waals surface area contributed by atoms with Crippen LogP contribution in [0, 0.1) is 0 Å². The summed E-state index contributed by atoms with van der Waals surface area (Å²) < 4.78 is 6.29. The van der Waals surface area contributed by atoms with Crippen LogP contribution in [-0.4, -0.2) is 22.6 Å². The number of hydrogen-bond donors (Lipinski definition) is 2. The first kappa shape index (κ1) is 18.1. The van der Waals surface area contributed by atoms with Gasteiger partial charge in [-0.05, 0) is 47.9 Å². The summed E-state index contributed by atoms with van der Waals surface area (Å²) in [6.07, 6.45) is 0. The van der Waals surface area contributed by atoms with E-state index in [-0.39, 0.29) is 18.2 Å². The highest BCUT2D eigenvalue weighted by Crippen LogP contribution is 2.36. The highest BCUT2D eigenvalue weighted by atomic mass is 79.9. The monoisotopic (exact) mass is 415 g/mol. The Hall–Kier alpha value is -2.67. The molecule has 1 heterocycles. The van der Waals surface area contributed by atoms with Gasteiger partial charge in [-0.25, -0.2) is 0 Å². The van der Waals surface area contributed by atoms with Gasteiger partial charge in [0, 0.05) is 9.86 Å². The molecule has 0 spiro atoms. The average molecular weight is 416 g/mol. The van der Waals surface area contributed by atoms with Crippen LogP contribution in [0.1, 0.15) is 25.3 Å². The number of carbonyl (C=O) groups is 1. The predicted octanol–water partition coefficient (Wildman–Crippen LogP) is 5.45. The molecule has 26 heavy (non-hydrogen) atoms. The van der Waals surface area contributed by atoms with Crippen LogP contribution in [0.25, 0.3) is 10.9 Å². The minimum Gasteiger partial charge on any atom is -0.493 e. The van der Waals surface area contributed by atoms with Gasteiger partial charge >= 0.3 is 5.91 Å². The molecular weight excluding hydrogens is 398 g/mol. The molecule has 0 aliphatic rings. The van der Waals surface area contributed by atoms with Gasteiger partial charge < -0.3 is 14.8 Å². The topological polar surface area (TPSA) is 87.0 Å². The number of aromatic amines is 1. The second kappa shape index (κ2) is 7.70. The molecule has 1 aromatic heterocycles. The van der Waals surface area contributed by atoms with Crippen molar-refractivity contribution in [1.29, 1.82) is 0 Å². The first-order chi connectivity index (χ1) is 12.4. The Morgan fingerprint density at radius 1 is 1.23 bits per heavy atom. The SMILES string of the molecule is CC(C)c1ccc2[nH]c(O)c(N=NC(=O)COc3ccc(Br)cc3)c2c1. The lowest BCUT2D eigenvalue weighted by atomic mass is 10.0. The van der Waals surface area contributed by atoms with E-state index in [0.29, 0.717) is 11.7 Å². The Bertz CT molecular complexity index is 962. The summed E-state index contributed by atoms with van der Waals surface area (Å²) in [6, 6.07) is 12.9. The van der Waals surface area contributed by atoms with Crippen LogP contribution < -0.4 is 4.74 Å². The van der Waals surface area contributed by atoms with E-state index in [9.17, 15) is 9.90 Å². The second-order valence-electron chi connectivity index (χ2n) is 6.12. The largest absolute Gasteiger partial charge is 0.493 e. The summed E-state index contributed by atoms with van der Waals surface area (Å²) >= 11 is 3.33. The Morgan fingerprint density at radius 3 is 2.65 bits per heavy atom. The van der Waals surface area contributed by atoms with E-state index < -0.39 is 5.91 Å². The number of azo groups is 1. The molecule has 0 aliphatic carbocycles. The van der Waals surface area contributed by atoms with Crippen molar-refractivity contribution in [3.05, 3.63) is 52.5 Å². The Kier molecular flexibility index (Phi) is 5.37. The number of halogens is 1. The van der Waals surface area contributed by atoms with Crippen LogP contribution in [0.4, 0.5) is 5.69 Å². The van der Waals surface area contributed by atoms with Gasteiger partial charge in [-0.15, -0.1) is 10.2 Å². The number of H-pyrrole nitrogens is 1. The molecule has 3 rings (SSSR count). The Balaban J connectivity index is 1.74. The number of amides is 1. The van der Waals surface area contributed by atoms with E-state index in [1.54, 1.807) is 12.1 Å². The smallest absolute Gasteiger partial charge is 0.302 e. The minimum absolute atomic E-state index is 0.119. The van der Waals surface area contributed by atoms with Crippen molar-refractivity contribution < 1.29 is 14.6 Å². The summed E-state index contributed by atoms with van der Waals surface area (Å²) in [7, 11) is 0. The maximum absolute atomic E-state index is 11.9. The maximum atomic E-state index is 11.9. The van der Waals surface area contributed by atoms with Crippen molar-refractivity contribution in [2.45, 2.75) is 19.8 Å². The second-order valence-corrected chi connectivity index (χ2v) is 7.03. The van der Waals surface area contributed by atoms with Crippen molar-refractivity contribution in [2.75, 3.05) is 6.61 Å². The fourth-order valence-corrected chi connectivity index (χ4v) is 2.72. The third-order valence-corrected chi connectivity index (χ3v) is 4.41. The standard InChI is InChI=1S/C19H18BrN3O3/c1-11(2)12-3-8-16-15(9-12)18(19(25)21-16)23-22-17(24)10-26-14-6-4-13(20)5-7-14/h3-9,11,21,25H,10H2,1-2H3. The van der Waals surface area contributed by atoms with Gasteiger partial charge in [-0.3, -0.25) is 4.79 Å². The Labute approximate surface area is 159 Å². The maximum Gasteiger partial charge on any atom is 0.302 e. The van der Waals surface area contributed by atoms with Crippen LogP contribution >= 0.6 is 15.9 Å². The number of nitrogens with zero attached hydrogens (tertiary/aromatic N) is 2. The summed E-state index contributed by atoms with van der Waals surface area (Å²) in [6.45, 7) is 3.93. The fraction of sp³-hybridized carbons (Fsp3) is 0.211. The fourth-order valence-electron chi connectivity index (χ4n) is 2.45. The van der Waals surface area contributed by atoms with Crippen LogP contribution in [0.3, 0.4) is 0 Å². The van der Waals surface area contributed by atoms with Gasteiger partial charge in [0.25, 0.3) is 0 Å². The molecule has 7 heteroatoms. The lowest BCUT2D eigenvalue weighted by molar-refractivity contribution is -0.120. The van der Waals surface area contributed by atoms with Crippen LogP contribution in [0.15, 0.2) is 57.2 Å². The summed E-state index contributed by atoms with van der Waals surface area (Å²) in [5.74, 6) is 0.239. The molecule has 134 valence electrons. The zero-order chi connectivity index (χ0) is 18.7. The van der Waals surface area contributed by atoms with E-state index in [4.69, 9.17) is 4.74 Å². The molecule has 2 aromatic carbocycles. The Morgan fingerprint density at radius 2 is 1.96 bits per heavy atom. The molecular formula is C19H18BrN3O3. The van der Waals surface area contributed by atoms with Gasteiger partial charge in [-0.1, -0.05) is 35.8 Å². The zero-order valence-corrected chi connectivity index (χ0v) is 15.9. The number of hydrogen-bond acceptors (Lipinski definition) is 4. The molecule has 0 aliphatic heterocycles. The average Bonchev–Trinajstić information content (AvgIpc) is 2.93. The van der Waals surface area contributed by atoms with Crippen LogP contribution in [-0.2, 0) is 4.79 Å². The number of nitrogens with one attached hydrogen (secondary N) is 1. The first-order valence-corrected chi connectivity index (χ1v) is 8.91. The van der Waals surface area contributed by atoms with Crippen molar-refractivity contribution >= 4 is 38.4 Å².